The number of hydrogen-bond donors (Lipinski definition) is 2. The highest BCUT2D eigenvalue weighted by Gasteiger charge is 2.10. The number of thiazole rings is 1. The van der Waals surface area contributed by atoms with Crippen molar-refractivity contribution in [3.05, 3.63) is 48.0 Å². The monoisotopic (exact) mass is 336 g/mol. The van der Waals surface area contributed by atoms with Gasteiger partial charge in [-0.25, -0.2) is 15.0 Å². The van der Waals surface area contributed by atoms with Gasteiger partial charge in [-0.2, -0.15) is 0 Å². The lowest BCUT2D eigenvalue weighted by molar-refractivity contribution is 0.740. The van der Waals surface area contributed by atoms with Crippen LogP contribution in [0.1, 0.15) is 6.42 Å². The summed E-state index contributed by atoms with van der Waals surface area (Å²) in [4.78, 5) is 18.0. The van der Waals surface area contributed by atoms with Crippen LogP contribution in [0.2, 0.25) is 0 Å². The summed E-state index contributed by atoms with van der Waals surface area (Å²) < 4.78 is 0. The number of anilines is 1. The van der Waals surface area contributed by atoms with Crippen molar-refractivity contribution >= 4 is 22.4 Å². The number of guanidine groups is 1. The maximum Gasteiger partial charge on any atom is 0.197 e. The predicted octanol–water partition coefficient (Wildman–Crippen LogP) is 3.03. The topological polar surface area (TPSA) is 75.1 Å². The van der Waals surface area contributed by atoms with Crippen LogP contribution in [0.3, 0.4) is 0 Å². The minimum Gasteiger partial charge on any atom is -0.356 e. The molecule has 0 amide bonds. The molecule has 0 fully saturated rings. The van der Waals surface area contributed by atoms with E-state index in [1.54, 1.807) is 6.20 Å². The summed E-state index contributed by atoms with van der Waals surface area (Å²) in [6, 6.07) is 11.8. The Balaban J connectivity index is 1.57. The third-order valence-electron chi connectivity index (χ3n) is 3.58. The van der Waals surface area contributed by atoms with Gasteiger partial charge < -0.3 is 10.6 Å². The van der Waals surface area contributed by atoms with Crippen molar-refractivity contribution in [3.63, 3.8) is 0 Å². The van der Waals surface area contributed by atoms with Gasteiger partial charge in [-0.3, -0.25) is 4.99 Å². The number of nitrogens with one attached hydrogen (secondary N) is 2. The van der Waals surface area contributed by atoms with Gasteiger partial charge in [0.2, 0.25) is 0 Å². The Labute approximate surface area is 143 Å². The molecule has 24 heavy (non-hydrogen) atoms. The Morgan fingerprint density at radius 2 is 1.96 bits per heavy atom. The quantitative estimate of drug-likeness (QED) is 0.769. The highest BCUT2D eigenvalue weighted by atomic mass is 32.1. The van der Waals surface area contributed by atoms with Gasteiger partial charge in [0.1, 0.15) is 5.69 Å². The van der Waals surface area contributed by atoms with Crippen molar-refractivity contribution < 1.29 is 0 Å². The van der Waals surface area contributed by atoms with E-state index in [0.29, 0.717) is 5.82 Å². The second-order valence-electron chi connectivity index (χ2n) is 5.31. The first-order chi connectivity index (χ1) is 11.9. The highest BCUT2D eigenvalue weighted by molar-refractivity contribution is 7.14. The molecule has 0 unspecified atom stereocenters. The summed E-state index contributed by atoms with van der Waals surface area (Å²) >= 11 is 1.54. The number of aliphatic imine (C=N–C) groups is 1. The van der Waals surface area contributed by atoms with Crippen LogP contribution in [0.15, 0.2) is 53.0 Å². The van der Waals surface area contributed by atoms with Gasteiger partial charge in [0, 0.05) is 30.2 Å². The zero-order chi connectivity index (χ0) is 16.2. The summed E-state index contributed by atoms with van der Waals surface area (Å²) in [5.41, 5.74) is 2.64. The SMILES string of the molecule is c1ccc(-c2nccc(-c3csc(NC4=NCCCN4)n3)n2)cc1. The molecule has 6 nitrogen and oxygen atoms in total. The fourth-order valence-corrected chi connectivity index (χ4v) is 3.10. The van der Waals surface area contributed by atoms with Crippen LogP contribution in [0.25, 0.3) is 22.8 Å². The lowest BCUT2D eigenvalue weighted by atomic mass is 10.2. The number of nitrogens with zero attached hydrogens (tertiary/aromatic N) is 4. The van der Waals surface area contributed by atoms with E-state index < -0.39 is 0 Å². The molecule has 0 saturated carbocycles. The molecule has 0 radical (unpaired) electrons. The molecule has 120 valence electrons. The standard InChI is InChI=1S/C17H16N6S/c1-2-5-12(6-3-1)15-18-10-7-13(21-15)14-11-24-17(22-14)23-16-19-8-4-9-20-16/h1-3,5-7,10-11H,4,8-9H2,(H2,19,20,22,23). The molecule has 3 heterocycles. The van der Waals surface area contributed by atoms with Crippen LogP contribution in [-0.2, 0) is 0 Å². The van der Waals surface area contributed by atoms with Crippen LogP contribution >= 0.6 is 11.3 Å². The lowest BCUT2D eigenvalue weighted by Gasteiger charge is -2.14. The van der Waals surface area contributed by atoms with Gasteiger partial charge in [-0.05, 0) is 12.5 Å². The molecule has 1 aromatic carbocycles. The maximum atomic E-state index is 4.63. The van der Waals surface area contributed by atoms with E-state index in [1.165, 1.54) is 11.3 Å². The summed E-state index contributed by atoms with van der Waals surface area (Å²) in [6.07, 6.45) is 2.83. The van der Waals surface area contributed by atoms with Crippen molar-refractivity contribution in [1.82, 2.24) is 20.3 Å². The van der Waals surface area contributed by atoms with Gasteiger partial charge in [-0.15, -0.1) is 11.3 Å². The first-order valence-corrected chi connectivity index (χ1v) is 8.66. The maximum absolute atomic E-state index is 4.63. The minimum absolute atomic E-state index is 0.703. The van der Waals surface area contributed by atoms with Gasteiger partial charge in [0.05, 0.1) is 5.69 Å². The van der Waals surface area contributed by atoms with Crippen molar-refractivity contribution in [3.8, 4) is 22.8 Å². The van der Waals surface area contributed by atoms with Crippen LogP contribution in [0.5, 0.6) is 0 Å². The third kappa shape index (κ3) is 3.26. The normalized spacial score (nSPS) is 13.9. The van der Waals surface area contributed by atoms with Gasteiger partial charge >= 0.3 is 0 Å². The zero-order valence-electron chi connectivity index (χ0n) is 12.9. The molecule has 0 atom stereocenters. The number of benzene rings is 1. The number of hydrogen-bond acceptors (Lipinski definition) is 7. The summed E-state index contributed by atoms with van der Waals surface area (Å²) in [5.74, 6) is 1.49. The average molecular weight is 336 g/mol. The molecule has 2 N–H and O–H groups in total. The highest BCUT2D eigenvalue weighted by Crippen LogP contribution is 2.25. The third-order valence-corrected chi connectivity index (χ3v) is 4.33. The van der Waals surface area contributed by atoms with Crippen molar-refractivity contribution in [2.75, 3.05) is 18.4 Å². The predicted molar refractivity (Wildman–Crippen MR) is 97.1 cm³/mol. The van der Waals surface area contributed by atoms with E-state index in [1.807, 2.05) is 41.8 Å². The molecule has 1 aliphatic rings. The summed E-state index contributed by atoms with van der Waals surface area (Å²) in [5, 5.41) is 9.24. The number of rotatable bonds is 3. The van der Waals surface area contributed by atoms with E-state index >= 15 is 0 Å². The Bertz CT molecular complexity index is 858. The molecular formula is C17H16N6S. The van der Waals surface area contributed by atoms with Crippen molar-refractivity contribution in [2.24, 2.45) is 4.99 Å². The zero-order valence-corrected chi connectivity index (χ0v) is 13.8. The van der Waals surface area contributed by atoms with Crippen molar-refractivity contribution in [2.45, 2.75) is 6.42 Å². The van der Waals surface area contributed by atoms with Crippen LogP contribution in [0, 0.1) is 0 Å². The van der Waals surface area contributed by atoms with E-state index in [4.69, 9.17) is 0 Å². The second kappa shape index (κ2) is 6.76. The summed E-state index contributed by atoms with van der Waals surface area (Å²) in [6.45, 7) is 1.79. The first kappa shape index (κ1) is 14.8. The Morgan fingerprint density at radius 1 is 1.04 bits per heavy atom. The van der Waals surface area contributed by atoms with Crippen LogP contribution in [0.4, 0.5) is 5.13 Å². The Morgan fingerprint density at radius 3 is 2.79 bits per heavy atom. The summed E-state index contributed by atoms with van der Waals surface area (Å²) in [7, 11) is 0. The molecule has 7 heteroatoms. The molecule has 2 aromatic heterocycles. The molecular weight excluding hydrogens is 320 g/mol. The van der Waals surface area contributed by atoms with E-state index in [2.05, 4.69) is 30.6 Å². The largest absolute Gasteiger partial charge is 0.356 e. The van der Waals surface area contributed by atoms with E-state index in [9.17, 15) is 0 Å². The van der Waals surface area contributed by atoms with Crippen molar-refractivity contribution in [1.29, 1.82) is 0 Å². The molecule has 3 aromatic rings. The molecule has 0 aliphatic carbocycles. The van der Waals surface area contributed by atoms with Crippen LogP contribution < -0.4 is 10.6 Å². The fourth-order valence-electron chi connectivity index (χ4n) is 2.39. The molecule has 0 spiro atoms. The number of aromatic nitrogens is 3. The minimum atomic E-state index is 0.703. The van der Waals surface area contributed by atoms with E-state index in [0.717, 1.165) is 47.6 Å². The lowest BCUT2D eigenvalue weighted by Crippen LogP contribution is -2.35. The molecule has 0 bridgehead atoms. The van der Waals surface area contributed by atoms with Gasteiger partial charge in [-0.1, -0.05) is 30.3 Å². The smallest absolute Gasteiger partial charge is 0.197 e. The van der Waals surface area contributed by atoms with Gasteiger partial charge in [0.25, 0.3) is 0 Å². The first-order valence-electron chi connectivity index (χ1n) is 7.78. The molecule has 0 saturated heterocycles. The van der Waals surface area contributed by atoms with Gasteiger partial charge in [0.15, 0.2) is 16.9 Å². The fraction of sp³-hybridized carbons (Fsp3) is 0.176. The van der Waals surface area contributed by atoms with E-state index in [-0.39, 0.29) is 0 Å². The second-order valence-corrected chi connectivity index (χ2v) is 6.16. The molecule has 1 aliphatic heterocycles. The molecule has 4 rings (SSSR count). The van der Waals surface area contributed by atoms with Crippen LogP contribution in [-0.4, -0.2) is 34.0 Å². The Kier molecular flexibility index (Phi) is 4.16. The average Bonchev–Trinajstić information content (AvgIpc) is 3.12. The Hall–Kier alpha value is -2.80.